The van der Waals surface area contributed by atoms with Crippen molar-refractivity contribution in [2.24, 2.45) is 0 Å². The lowest BCUT2D eigenvalue weighted by atomic mass is 10.1. The zero-order valence-electron chi connectivity index (χ0n) is 10.9. The second-order valence-corrected chi connectivity index (χ2v) is 6.11. The van der Waals surface area contributed by atoms with Crippen LogP contribution in [-0.4, -0.2) is 44.6 Å². The minimum atomic E-state index is -3.16. The number of nitrogens with one attached hydrogen (secondary N) is 2. The molecule has 2 N–H and O–H groups in total. The van der Waals surface area contributed by atoms with Crippen molar-refractivity contribution < 1.29 is 13.2 Å². The Hall–Kier alpha value is -0.920. The number of nitrogens with zero attached hydrogens (tertiary/aromatic N) is 1. The average molecular weight is 275 g/mol. The van der Waals surface area contributed by atoms with Gasteiger partial charge < -0.3 is 4.74 Å². The van der Waals surface area contributed by atoms with Gasteiger partial charge in [0.15, 0.2) is 0 Å². The Balaban J connectivity index is 2.19. The van der Waals surface area contributed by atoms with Gasteiger partial charge in [-0.25, -0.2) is 13.1 Å². The molecule has 0 spiro atoms. The Morgan fingerprint density at radius 3 is 2.83 bits per heavy atom. The van der Waals surface area contributed by atoms with Gasteiger partial charge in [-0.2, -0.15) is 5.10 Å². The fourth-order valence-electron chi connectivity index (χ4n) is 1.60. The molecule has 18 heavy (non-hydrogen) atoms. The summed E-state index contributed by atoms with van der Waals surface area (Å²) < 4.78 is 30.5. The maximum Gasteiger partial charge on any atom is 0.211 e. The molecule has 1 aromatic heterocycles. The van der Waals surface area contributed by atoms with Gasteiger partial charge in [0, 0.05) is 26.0 Å². The van der Waals surface area contributed by atoms with Crippen LogP contribution in [0.25, 0.3) is 0 Å². The number of ether oxygens (including phenoxy) is 1. The van der Waals surface area contributed by atoms with Crippen LogP contribution >= 0.6 is 0 Å². The Morgan fingerprint density at radius 1 is 1.44 bits per heavy atom. The summed E-state index contributed by atoms with van der Waals surface area (Å²) in [6.07, 6.45) is 3.89. The number of hydrogen-bond donors (Lipinski definition) is 2. The summed E-state index contributed by atoms with van der Waals surface area (Å²) in [6, 6.07) is 0. The normalized spacial score (nSPS) is 11.9. The predicted molar refractivity (Wildman–Crippen MR) is 69.9 cm³/mol. The van der Waals surface area contributed by atoms with Crippen LogP contribution in [0.4, 0.5) is 0 Å². The highest BCUT2D eigenvalue weighted by Gasteiger charge is 2.09. The van der Waals surface area contributed by atoms with Crippen LogP contribution in [0, 0.1) is 6.92 Å². The highest BCUT2D eigenvalue weighted by atomic mass is 32.2. The summed E-state index contributed by atoms with van der Waals surface area (Å²) in [5.41, 5.74) is 2.17. The van der Waals surface area contributed by atoms with Crippen molar-refractivity contribution in [1.82, 2.24) is 14.9 Å². The van der Waals surface area contributed by atoms with Gasteiger partial charge in [-0.15, -0.1) is 0 Å². The first-order valence-corrected chi connectivity index (χ1v) is 7.65. The first-order chi connectivity index (χ1) is 8.55. The number of hydrogen-bond acceptors (Lipinski definition) is 4. The van der Waals surface area contributed by atoms with Crippen molar-refractivity contribution in [3.8, 4) is 0 Å². The van der Waals surface area contributed by atoms with E-state index < -0.39 is 10.0 Å². The monoisotopic (exact) mass is 275 g/mol. The van der Waals surface area contributed by atoms with E-state index >= 15 is 0 Å². The van der Waals surface area contributed by atoms with Crippen molar-refractivity contribution in [3.05, 3.63) is 17.5 Å². The van der Waals surface area contributed by atoms with E-state index in [9.17, 15) is 8.42 Å². The van der Waals surface area contributed by atoms with Gasteiger partial charge in [-0.3, -0.25) is 5.10 Å². The van der Waals surface area contributed by atoms with Crippen LogP contribution in [-0.2, 0) is 21.2 Å². The molecular formula is C11H21N3O3S. The molecule has 0 unspecified atom stereocenters. The van der Waals surface area contributed by atoms with Gasteiger partial charge in [-0.05, 0) is 31.7 Å². The third-order valence-electron chi connectivity index (χ3n) is 2.64. The van der Waals surface area contributed by atoms with E-state index in [1.807, 2.05) is 6.92 Å². The fourth-order valence-corrected chi connectivity index (χ4v) is 2.70. The maximum absolute atomic E-state index is 11.5. The van der Waals surface area contributed by atoms with E-state index in [0.29, 0.717) is 19.6 Å². The van der Waals surface area contributed by atoms with Crippen LogP contribution in [0.2, 0.25) is 0 Å². The summed E-state index contributed by atoms with van der Waals surface area (Å²) in [6.45, 7) is 2.88. The molecule has 0 saturated heterocycles. The van der Waals surface area contributed by atoms with Gasteiger partial charge in [0.05, 0.1) is 11.9 Å². The number of sulfonamides is 1. The van der Waals surface area contributed by atoms with E-state index in [1.54, 1.807) is 13.3 Å². The van der Waals surface area contributed by atoms with Gasteiger partial charge in [0.1, 0.15) is 0 Å². The Kier molecular flexibility index (Phi) is 6.31. The number of H-pyrrole nitrogens is 1. The lowest BCUT2D eigenvalue weighted by Crippen LogP contribution is -2.28. The molecule has 1 rings (SSSR count). The maximum atomic E-state index is 11.5. The summed E-state index contributed by atoms with van der Waals surface area (Å²) >= 11 is 0. The van der Waals surface area contributed by atoms with Crippen molar-refractivity contribution in [2.45, 2.75) is 26.2 Å². The van der Waals surface area contributed by atoms with Gasteiger partial charge in [0.2, 0.25) is 10.0 Å². The molecule has 0 fully saturated rings. The highest BCUT2D eigenvalue weighted by Crippen LogP contribution is 2.05. The molecular weight excluding hydrogens is 254 g/mol. The SMILES string of the molecule is COCCCS(=O)(=O)NCCCc1cn[nH]c1C. The van der Waals surface area contributed by atoms with Crippen molar-refractivity contribution in [2.75, 3.05) is 26.0 Å². The molecule has 0 radical (unpaired) electrons. The summed E-state index contributed by atoms with van der Waals surface area (Å²) in [7, 11) is -1.60. The highest BCUT2D eigenvalue weighted by molar-refractivity contribution is 7.89. The smallest absolute Gasteiger partial charge is 0.211 e. The van der Waals surface area contributed by atoms with E-state index in [4.69, 9.17) is 4.74 Å². The van der Waals surface area contributed by atoms with Crippen molar-refractivity contribution in [3.63, 3.8) is 0 Å². The summed E-state index contributed by atoms with van der Waals surface area (Å²) in [5.74, 6) is 0.117. The van der Waals surface area contributed by atoms with E-state index in [1.165, 1.54) is 0 Å². The van der Waals surface area contributed by atoms with Crippen LogP contribution in [0.3, 0.4) is 0 Å². The van der Waals surface area contributed by atoms with E-state index in [0.717, 1.165) is 24.1 Å². The van der Waals surface area contributed by atoms with E-state index in [2.05, 4.69) is 14.9 Å². The predicted octanol–water partition coefficient (Wildman–Crippen LogP) is 0.607. The fraction of sp³-hybridized carbons (Fsp3) is 0.727. The quantitative estimate of drug-likeness (QED) is 0.647. The first kappa shape index (κ1) is 15.1. The van der Waals surface area contributed by atoms with Gasteiger partial charge in [0.25, 0.3) is 0 Å². The number of rotatable bonds is 9. The molecule has 0 bridgehead atoms. The molecule has 104 valence electrons. The number of aromatic nitrogens is 2. The van der Waals surface area contributed by atoms with Crippen molar-refractivity contribution >= 4 is 10.0 Å². The molecule has 0 aliphatic rings. The number of aromatic amines is 1. The Morgan fingerprint density at radius 2 is 2.22 bits per heavy atom. The number of aryl methyl sites for hydroxylation is 2. The molecule has 0 aromatic carbocycles. The largest absolute Gasteiger partial charge is 0.385 e. The first-order valence-electron chi connectivity index (χ1n) is 6.00. The zero-order chi connectivity index (χ0) is 13.4. The van der Waals surface area contributed by atoms with Crippen molar-refractivity contribution in [1.29, 1.82) is 0 Å². The summed E-state index contributed by atoms with van der Waals surface area (Å²) in [5, 5.41) is 6.78. The van der Waals surface area contributed by atoms with Crippen LogP contribution in [0.15, 0.2) is 6.20 Å². The lowest BCUT2D eigenvalue weighted by molar-refractivity contribution is 0.199. The molecule has 0 aliphatic carbocycles. The zero-order valence-corrected chi connectivity index (χ0v) is 11.7. The van der Waals surface area contributed by atoms with E-state index in [-0.39, 0.29) is 5.75 Å². The minimum Gasteiger partial charge on any atom is -0.385 e. The third-order valence-corrected chi connectivity index (χ3v) is 4.11. The van der Waals surface area contributed by atoms with Crippen LogP contribution in [0.5, 0.6) is 0 Å². The number of methoxy groups -OCH3 is 1. The Bertz CT molecular complexity index is 442. The molecule has 0 saturated carbocycles. The Labute approximate surface area is 108 Å². The molecule has 1 aromatic rings. The topological polar surface area (TPSA) is 84.1 Å². The average Bonchev–Trinajstić information content (AvgIpc) is 2.71. The molecule has 0 amide bonds. The van der Waals surface area contributed by atoms with Gasteiger partial charge >= 0.3 is 0 Å². The minimum absolute atomic E-state index is 0.117. The molecule has 6 nitrogen and oxygen atoms in total. The molecule has 7 heteroatoms. The molecule has 0 atom stereocenters. The summed E-state index contributed by atoms with van der Waals surface area (Å²) in [4.78, 5) is 0. The molecule has 0 aliphatic heterocycles. The van der Waals surface area contributed by atoms with Crippen LogP contribution in [0.1, 0.15) is 24.1 Å². The standard InChI is InChI=1S/C11H21N3O3S/c1-10-11(9-12-14-10)5-3-6-13-18(15,16)8-4-7-17-2/h9,13H,3-8H2,1-2H3,(H,12,14). The molecule has 1 heterocycles. The van der Waals surface area contributed by atoms with Gasteiger partial charge in [-0.1, -0.05) is 0 Å². The second-order valence-electron chi connectivity index (χ2n) is 4.18. The van der Waals surface area contributed by atoms with Crippen LogP contribution < -0.4 is 4.72 Å². The lowest BCUT2D eigenvalue weighted by Gasteiger charge is -2.06. The third kappa shape index (κ3) is 5.61. The second kappa shape index (κ2) is 7.50.